The Balaban J connectivity index is 1.71. The van der Waals surface area contributed by atoms with Crippen LogP contribution in [0.1, 0.15) is 5.56 Å². The van der Waals surface area contributed by atoms with Crippen LogP contribution in [0.25, 0.3) is 0 Å². The van der Waals surface area contributed by atoms with E-state index in [0.29, 0.717) is 5.13 Å². The molecule has 1 N–H and O–H groups in total. The highest BCUT2D eigenvalue weighted by Crippen LogP contribution is 2.34. The van der Waals surface area contributed by atoms with Crippen molar-refractivity contribution in [3.05, 3.63) is 69.9 Å². The van der Waals surface area contributed by atoms with Crippen molar-refractivity contribution in [2.75, 3.05) is 4.72 Å². The molecule has 0 unspecified atom stereocenters. The Kier molecular flexibility index (Phi) is 5.72. The summed E-state index contributed by atoms with van der Waals surface area (Å²) >= 11 is 8.45. The van der Waals surface area contributed by atoms with Gasteiger partial charge in [0, 0.05) is 17.6 Å². The smallest absolute Gasteiger partial charge is 0.192 e. The van der Waals surface area contributed by atoms with Crippen molar-refractivity contribution in [3.63, 3.8) is 0 Å². The maximum absolute atomic E-state index is 14.2. The van der Waals surface area contributed by atoms with E-state index in [1.807, 2.05) is 0 Å². The van der Waals surface area contributed by atoms with E-state index in [9.17, 15) is 13.2 Å². The van der Waals surface area contributed by atoms with E-state index in [0.717, 1.165) is 30.1 Å². The largest absolute Gasteiger partial charge is 0.487 e. The van der Waals surface area contributed by atoms with Gasteiger partial charge in [-0.25, -0.2) is 18.2 Å². The molecule has 9 heteroatoms. The van der Waals surface area contributed by atoms with E-state index in [4.69, 9.17) is 16.3 Å². The fourth-order valence-corrected chi connectivity index (χ4v) is 3.45. The van der Waals surface area contributed by atoms with Crippen LogP contribution in [0.2, 0.25) is 5.02 Å². The molecule has 0 radical (unpaired) electrons. The minimum Gasteiger partial charge on any atom is -0.487 e. The molecule has 3 nitrogen and oxygen atoms in total. The van der Waals surface area contributed by atoms with E-state index in [2.05, 4.69) is 9.71 Å². The molecule has 0 aliphatic heterocycles. The Morgan fingerprint density at radius 2 is 1.92 bits per heavy atom. The lowest BCUT2D eigenvalue weighted by atomic mass is 10.2. The number of ether oxygens (including phenoxy) is 1. The predicted octanol–water partition coefficient (Wildman–Crippen LogP) is 5.91. The van der Waals surface area contributed by atoms with Crippen molar-refractivity contribution in [2.45, 2.75) is 11.5 Å². The molecule has 0 fully saturated rings. The third-order valence-electron chi connectivity index (χ3n) is 3.10. The Labute approximate surface area is 154 Å². The maximum Gasteiger partial charge on any atom is 0.192 e. The van der Waals surface area contributed by atoms with Gasteiger partial charge in [0.15, 0.2) is 5.13 Å². The summed E-state index contributed by atoms with van der Waals surface area (Å²) in [5.41, 5.74) is -0.247. The fourth-order valence-electron chi connectivity index (χ4n) is 1.89. The van der Waals surface area contributed by atoms with Gasteiger partial charge in [-0.3, -0.25) is 0 Å². The lowest BCUT2D eigenvalue weighted by Crippen LogP contribution is -2.02. The number of hydrogen-bond acceptors (Lipinski definition) is 5. The minimum atomic E-state index is -0.739. The molecule has 0 aliphatic rings. The monoisotopic (exact) mass is 402 g/mol. The van der Waals surface area contributed by atoms with Crippen LogP contribution in [0.5, 0.6) is 5.75 Å². The van der Waals surface area contributed by atoms with Gasteiger partial charge in [0.1, 0.15) is 29.8 Å². The van der Waals surface area contributed by atoms with Crippen LogP contribution in [0.3, 0.4) is 0 Å². The molecule has 0 amide bonds. The zero-order valence-corrected chi connectivity index (χ0v) is 14.8. The van der Waals surface area contributed by atoms with E-state index >= 15 is 0 Å². The first-order chi connectivity index (χ1) is 12.0. The van der Waals surface area contributed by atoms with Crippen molar-refractivity contribution in [1.82, 2.24) is 4.98 Å². The predicted molar refractivity (Wildman–Crippen MR) is 93.7 cm³/mol. The second-order valence-electron chi connectivity index (χ2n) is 4.74. The van der Waals surface area contributed by atoms with Crippen molar-refractivity contribution >= 4 is 40.0 Å². The van der Waals surface area contributed by atoms with Crippen LogP contribution in [0, 0.1) is 17.5 Å². The van der Waals surface area contributed by atoms with E-state index in [1.165, 1.54) is 23.5 Å². The number of anilines is 1. The Bertz CT molecular complexity index is 858. The molecule has 0 saturated heterocycles. The molecular formula is C16H10ClF3N2OS2. The number of halogens is 4. The van der Waals surface area contributed by atoms with Crippen LogP contribution in [-0.4, -0.2) is 4.98 Å². The SMILES string of the molecule is Fc1cc(OCc2c(F)cccc2F)c(Cl)cc1SNc1nccs1. The molecule has 1 heterocycles. The molecule has 0 atom stereocenters. The summed E-state index contributed by atoms with van der Waals surface area (Å²) in [5.74, 6) is -2.06. The molecule has 0 spiro atoms. The van der Waals surface area contributed by atoms with Crippen LogP contribution in [0.15, 0.2) is 46.8 Å². The van der Waals surface area contributed by atoms with Crippen LogP contribution >= 0.6 is 34.9 Å². The lowest BCUT2D eigenvalue weighted by Gasteiger charge is -2.11. The second kappa shape index (κ2) is 7.99. The molecule has 3 rings (SSSR count). The average molecular weight is 403 g/mol. The highest BCUT2D eigenvalue weighted by Gasteiger charge is 2.14. The van der Waals surface area contributed by atoms with Gasteiger partial charge < -0.3 is 9.46 Å². The van der Waals surface area contributed by atoms with Gasteiger partial charge in [-0.05, 0) is 30.1 Å². The van der Waals surface area contributed by atoms with Gasteiger partial charge in [-0.1, -0.05) is 17.7 Å². The maximum atomic E-state index is 14.2. The molecule has 1 aromatic heterocycles. The number of hydrogen-bond donors (Lipinski definition) is 1. The summed E-state index contributed by atoms with van der Waals surface area (Å²) in [6, 6.07) is 5.94. The highest BCUT2D eigenvalue weighted by molar-refractivity contribution is 8.00. The van der Waals surface area contributed by atoms with Gasteiger partial charge in [-0.15, -0.1) is 11.3 Å². The molecule has 130 valence electrons. The first-order valence-corrected chi connectivity index (χ1v) is 8.99. The zero-order valence-electron chi connectivity index (χ0n) is 12.4. The summed E-state index contributed by atoms with van der Waals surface area (Å²) in [7, 11) is 0. The van der Waals surface area contributed by atoms with Crippen molar-refractivity contribution in [2.24, 2.45) is 0 Å². The van der Waals surface area contributed by atoms with Crippen LogP contribution < -0.4 is 9.46 Å². The number of thiazole rings is 1. The molecule has 0 saturated carbocycles. The van der Waals surface area contributed by atoms with Gasteiger partial charge in [0.2, 0.25) is 0 Å². The third kappa shape index (κ3) is 4.39. The molecule has 2 aromatic carbocycles. The fraction of sp³-hybridized carbons (Fsp3) is 0.0625. The second-order valence-corrected chi connectivity index (χ2v) is 6.89. The Hall–Kier alpha value is -1.90. The summed E-state index contributed by atoms with van der Waals surface area (Å²) in [5, 5.41) is 2.53. The van der Waals surface area contributed by atoms with E-state index in [1.54, 1.807) is 11.6 Å². The van der Waals surface area contributed by atoms with Gasteiger partial charge >= 0.3 is 0 Å². The Morgan fingerprint density at radius 1 is 1.16 bits per heavy atom. The summed E-state index contributed by atoms with van der Waals surface area (Å²) in [4.78, 5) is 4.26. The molecule has 0 aliphatic carbocycles. The van der Waals surface area contributed by atoms with Gasteiger partial charge in [0.25, 0.3) is 0 Å². The molecular weight excluding hydrogens is 393 g/mol. The van der Waals surface area contributed by atoms with Gasteiger partial charge in [0.05, 0.1) is 15.5 Å². The summed E-state index contributed by atoms with van der Waals surface area (Å²) in [6.07, 6.45) is 1.62. The average Bonchev–Trinajstić information content (AvgIpc) is 3.09. The zero-order chi connectivity index (χ0) is 17.8. The number of nitrogens with zero attached hydrogens (tertiary/aromatic N) is 1. The highest BCUT2D eigenvalue weighted by atomic mass is 35.5. The number of benzene rings is 2. The van der Waals surface area contributed by atoms with Crippen molar-refractivity contribution in [1.29, 1.82) is 0 Å². The lowest BCUT2D eigenvalue weighted by molar-refractivity contribution is 0.291. The first kappa shape index (κ1) is 17.9. The minimum absolute atomic E-state index is 0.000387. The van der Waals surface area contributed by atoms with Crippen LogP contribution in [0.4, 0.5) is 18.3 Å². The number of nitrogens with one attached hydrogen (secondary N) is 1. The normalized spacial score (nSPS) is 10.7. The van der Waals surface area contributed by atoms with E-state index < -0.39 is 24.1 Å². The number of aromatic nitrogens is 1. The number of rotatable bonds is 6. The van der Waals surface area contributed by atoms with Crippen LogP contribution in [-0.2, 0) is 6.61 Å². The van der Waals surface area contributed by atoms with E-state index in [-0.39, 0.29) is 21.2 Å². The van der Waals surface area contributed by atoms with Crippen molar-refractivity contribution in [3.8, 4) is 5.75 Å². The molecule has 0 bridgehead atoms. The summed E-state index contributed by atoms with van der Waals surface area (Å²) < 4.78 is 49.5. The third-order valence-corrected chi connectivity index (χ3v) is 5.04. The van der Waals surface area contributed by atoms with Gasteiger partial charge in [-0.2, -0.15) is 0 Å². The standard InChI is InChI=1S/C16H10ClF3N2OS2/c17-10-6-15(25-22-16-21-4-5-24-16)13(20)7-14(10)23-8-9-11(18)2-1-3-12(9)19/h1-7H,8H2,(H,21,22). The van der Waals surface area contributed by atoms with Crippen molar-refractivity contribution < 1.29 is 17.9 Å². The first-order valence-electron chi connectivity index (χ1n) is 6.91. The Morgan fingerprint density at radius 3 is 2.60 bits per heavy atom. The quantitative estimate of drug-likeness (QED) is 0.519. The molecule has 3 aromatic rings. The molecule has 25 heavy (non-hydrogen) atoms. The topological polar surface area (TPSA) is 34.1 Å². The summed E-state index contributed by atoms with van der Waals surface area (Å²) in [6.45, 7) is -0.401.